The summed E-state index contributed by atoms with van der Waals surface area (Å²) >= 11 is 0. The Balaban J connectivity index is 0.000000730. The second-order valence-electron chi connectivity index (χ2n) is 5.07. The van der Waals surface area contributed by atoms with Crippen LogP contribution in [0.3, 0.4) is 0 Å². The number of morpholine rings is 1. The number of hydrogen-bond acceptors (Lipinski definition) is 5. The first-order valence-corrected chi connectivity index (χ1v) is 9.23. The smallest absolute Gasteiger partial charge is 0.258 e. The summed E-state index contributed by atoms with van der Waals surface area (Å²) in [6, 6.07) is 5.37. The van der Waals surface area contributed by atoms with Crippen molar-refractivity contribution < 1.29 is 9.47 Å². The van der Waals surface area contributed by atoms with Gasteiger partial charge in [0.25, 0.3) is 5.56 Å². The van der Waals surface area contributed by atoms with Crippen LogP contribution in [0.4, 0.5) is 0 Å². The molecule has 1 saturated heterocycles. The number of fused-ring (bicyclic) bond motifs is 1. The second-order valence-corrected chi connectivity index (χ2v) is 5.07. The predicted molar refractivity (Wildman–Crippen MR) is 102 cm³/mol. The van der Waals surface area contributed by atoms with E-state index >= 15 is 0 Å². The summed E-state index contributed by atoms with van der Waals surface area (Å²) in [6.07, 6.45) is 2.38. The van der Waals surface area contributed by atoms with Crippen LogP contribution >= 0.6 is 0 Å². The van der Waals surface area contributed by atoms with Gasteiger partial charge in [-0.1, -0.05) is 27.7 Å². The van der Waals surface area contributed by atoms with Gasteiger partial charge in [0.05, 0.1) is 37.1 Å². The monoisotopic (exact) mass is 349 g/mol. The largest absolute Gasteiger partial charge is 0.493 e. The molecule has 25 heavy (non-hydrogen) atoms. The first-order chi connectivity index (χ1) is 12.3. The predicted octanol–water partition coefficient (Wildman–Crippen LogP) is 3.08. The third kappa shape index (κ3) is 6.84. The zero-order valence-electron chi connectivity index (χ0n) is 15.9. The van der Waals surface area contributed by atoms with Crippen molar-refractivity contribution in [2.24, 2.45) is 0 Å². The van der Waals surface area contributed by atoms with Crippen molar-refractivity contribution in [3.63, 3.8) is 0 Å². The van der Waals surface area contributed by atoms with E-state index in [1.165, 1.54) is 6.33 Å². The number of aromatic nitrogens is 2. The van der Waals surface area contributed by atoms with Gasteiger partial charge in [0.2, 0.25) is 0 Å². The van der Waals surface area contributed by atoms with E-state index in [-0.39, 0.29) is 5.56 Å². The Morgan fingerprint density at radius 1 is 1.20 bits per heavy atom. The lowest BCUT2D eigenvalue weighted by molar-refractivity contribution is 0.0358. The number of H-pyrrole nitrogens is 1. The highest BCUT2D eigenvalue weighted by molar-refractivity contribution is 5.78. The van der Waals surface area contributed by atoms with Crippen LogP contribution in [0.5, 0.6) is 5.75 Å². The van der Waals surface area contributed by atoms with Crippen LogP contribution in [0.15, 0.2) is 29.3 Å². The topological polar surface area (TPSA) is 67.5 Å². The van der Waals surface area contributed by atoms with Crippen molar-refractivity contribution in [2.45, 2.75) is 34.1 Å². The first-order valence-electron chi connectivity index (χ1n) is 9.23. The molecule has 0 spiro atoms. The van der Waals surface area contributed by atoms with Gasteiger partial charge in [-0.25, -0.2) is 4.98 Å². The third-order valence-corrected chi connectivity index (χ3v) is 3.60. The average Bonchev–Trinajstić information content (AvgIpc) is 2.69. The van der Waals surface area contributed by atoms with Crippen LogP contribution in [0.2, 0.25) is 0 Å². The number of aromatic amines is 1. The van der Waals surface area contributed by atoms with Crippen LogP contribution in [-0.4, -0.2) is 54.3 Å². The minimum absolute atomic E-state index is 0.126. The molecule has 6 nitrogen and oxygen atoms in total. The maximum absolute atomic E-state index is 11.6. The van der Waals surface area contributed by atoms with Gasteiger partial charge in [0.1, 0.15) is 5.75 Å². The number of rotatable bonds is 5. The van der Waals surface area contributed by atoms with Gasteiger partial charge in [-0.3, -0.25) is 9.69 Å². The van der Waals surface area contributed by atoms with Gasteiger partial charge < -0.3 is 14.5 Å². The van der Waals surface area contributed by atoms with Crippen LogP contribution in [0, 0.1) is 0 Å². The zero-order chi connectivity index (χ0) is 18.5. The quantitative estimate of drug-likeness (QED) is 0.840. The van der Waals surface area contributed by atoms with E-state index < -0.39 is 0 Å². The summed E-state index contributed by atoms with van der Waals surface area (Å²) < 4.78 is 11.1. The Morgan fingerprint density at radius 2 is 1.92 bits per heavy atom. The molecule has 1 aromatic carbocycles. The van der Waals surface area contributed by atoms with Gasteiger partial charge in [0, 0.05) is 25.7 Å². The van der Waals surface area contributed by atoms with E-state index in [1.54, 1.807) is 12.1 Å². The second kappa shape index (κ2) is 12.4. The van der Waals surface area contributed by atoms with Crippen LogP contribution < -0.4 is 10.3 Å². The fourth-order valence-corrected chi connectivity index (χ4v) is 2.44. The Bertz CT molecular complexity index is 652. The van der Waals surface area contributed by atoms with Crippen molar-refractivity contribution in [2.75, 3.05) is 39.5 Å². The average molecular weight is 349 g/mol. The van der Waals surface area contributed by atoms with Gasteiger partial charge in [-0.15, -0.1) is 0 Å². The van der Waals surface area contributed by atoms with Crippen LogP contribution in [-0.2, 0) is 4.74 Å². The fraction of sp³-hybridized carbons (Fsp3) is 0.579. The number of nitrogens with one attached hydrogen (secondary N) is 1. The minimum Gasteiger partial charge on any atom is -0.493 e. The molecule has 0 atom stereocenters. The molecule has 0 amide bonds. The van der Waals surface area contributed by atoms with Gasteiger partial charge >= 0.3 is 0 Å². The third-order valence-electron chi connectivity index (χ3n) is 3.60. The lowest BCUT2D eigenvalue weighted by Gasteiger charge is -2.26. The summed E-state index contributed by atoms with van der Waals surface area (Å²) in [5, 5.41) is 0.582. The molecule has 1 aliphatic rings. The number of nitrogens with zero attached hydrogens (tertiary/aromatic N) is 2. The van der Waals surface area contributed by atoms with Crippen molar-refractivity contribution in [3.05, 3.63) is 34.9 Å². The highest BCUT2D eigenvalue weighted by Gasteiger charge is 2.09. The normalized spacial score (nSPS) is 14.1. The fourth-order valence-electron chi connectivity index (χ4n) is 2.44. The Hall–Kier alpha value is -1.92. The Kier molecular flexibility index (Phi) is 10.5. The molecule has 6 heteroatoms. The summed E-state index contributed by atoms with van der Waals surface area (Å²) in [5.74, 6) is 0.752. The number of ether oxygens (including phenoxy) is 2. The highest BCUT2D eigenvalue weighted by atomic mass is 16.5. The maximum Gasteiger partial charge on any atom is 0.258 e. The van der Waals surface area contributed by atoms with Gasteiger partial charge in [-0.2, -0.15) is 0 Å². The van der Waals surface area contributed by atoms with Gasteiger partial charge in [-0.05, 0) is 18.6 Å². The highest BCUT2D eigenvalue weighted by Crippen LogP contribution is 2.16. The molecular weight excluding hydrogens is 318 g/mol. The SMILES string of the molecule is CC.CC.O=c1[nH]cnc2cc(OCCCN3CCOCC3)ccc12. The van der Waals surface area contributed by atoms with E-state index in [4.69, 9.17) is 9.47 Å². The molecule has 2 aromatic rings. The molecule has 2 heterocycles. The Labute approximate surface area is 150 Å². The lowest BCUT2D eigenvalue weighted by atomic mass is 10.2. The molecule has 0 bridgehead atoms. The van der Waals surface area contributed by atoms with Crippen molar-refractivity contribution in [3.8, 4) is 5.75 Å². The van der Waals surface area contributed by atoms with Crippen molar-refractivity contribution in [1.29, 1.82) is 0 Å². The maximum atomic E-state index is 11.6. The van der Waals surface area contributed by atoms with Gasteiger partial charge in [0.15, 0.2) is 0 Å². The molecule has 1 fully saturated rings. The molecule has 3 rings (SSSR count). The molecular formula is C19H31N3O3. The van der Waals surface area contributed by atoms with E-state index in [0.717, 1.165) is 45.0 Å². The minimum atomic E-state index is -0.126. The summed E-state index contributed by atoms with van der Waals surface area (Å²) in [4.78, 5) is 20.7. The molecule has 1 aliphatic heterocycles. The summed E-state index contributed by atoms with van der Waals surface area (Å²) in [7, 11) is 0. The number of benzene rings is 1. The molecule has 0 unspecified atom stereocenters. The van der Waals surface area contributed by atoms with E-state index in [0.29, 0.717) is 17.5 Å². The molecule has 0 saturated carbocycles. The zero-order valence-corrected chi connectivity index (χ0v) is 15.9. The summed E-state index contributed by atoms with van der Waals surface area (Å²) in [6.45, 7) is 13.3. The van der Waals surface area contributed by atoms with Crippen LogP contribution in [0.25, 0.3) is 10.9 Å². The van der Waals surface area contributed by atoms with E-state index in [9.17, 15) is 4.79 Å². The van der Waals surface area contributed by atoms with E-state index in [2.05, 4.69) is 14.9 Å². The summed E-state index contributed by atoms with van der Waals surface area (Å²) in [5.41, 5.74) is 0.531. The lowest BCUT2D eigenvalue weighted by Crippen LogP contribution is -2.37. The number of hydrogen-bond donors (Lipinski definition) is 1. The first kappa shape index (κ1) is 21.1. The molecule has 1 aromatic heterocycles. The van der Waals surface area contributed by atoms with Crippen LogP contribution in [0.1, 0.15) is 34.1 Å². The Morgan fingerprint density at radius 3 is 2.64 bits per heavy atom. The molecule has 1 N–H and O–H groups in total. The van der Waals surface area contributed by atoms with Crippen molar-refractivity contribution >= 4 is 10.9 Å². The molecule has 0 radical (unpaired) electrons. The van der Waals surface area contributed by atoms with Crippen molar-refractivity contribution in [1.82, 2.24) is 14.9 Å². The molecule has 0 aliphatic carbocycles. The van der Waals surface area contributed by atoms with E-state index in [1.807, 2.05) is 33.8 Å². The molecule has 140 valence electrons. The standard InChI is InChI=1S/C15H19N3O3.2C2H6/c19-15-13-3-2-12(10-14(13)16-11-17-15)21-7-1-4-18-5-8-20-9-6-18;2*1-2/h2-3,10-11H,1,4-9H2,(H,16,17,19);2*1-2H3.